The van der Waals surface area contributed by atoms with Crippen LogP contribution in [0.5, 0.6) is 0 Å². The van der Waals surface area contributed by atoms with Gasteiger partial charge in [-0.05, 0) is 26.8 Å². The number of ether oxygens (including phenoxy) is 1. The van der Waals surface area contributed by atoms with Gasteiger partial charge >= 0.3 is 6.09 Å². The molecular formula is C10H16N2O2. The van der Waals surface area contributed by atoms with Crippen LogP contribution in [0.4, 0.5) is 4.79 Å². The molecule has 1 saturated heterocycles. The van der Waals surface area contributed by atoms with Crippen LogP contribution in [0.2, 0.25) is 0 Å². The van der Waals surface area contributed by atoms with Gasteiger partial charge in [0.05, 0.1) is 13.2 Å². The van der Waals surface area contributed by atoms with Crippen LogP contribution in [0, 0.1) is 0 Å². The minimum atomic E-state index is -0.403. The van der Waals surface area contributed by atoms with Crippen molar-refractivity contribution in [3.63, 3.8) is 0 Å². The van der Waals surface area contributed by atoms with Gasteiger partial charge in [0.25, 0.3) is 0 Å². The molecule has 0 saturated carbocycles. The number of nitrogens with zero attached hydrogens (tertiary/aromatic N) is 2. The molecule has 4 nitrogen and oxygen atoms in total. The Morgan fingerprint density at radius 1 is 1.50 bits per heavy atom. The van der Waals surface area contributed by atoms with Crippen LogP contribution >= 0.6 is 0 Å². The molecule has 0 bridgehead atoms. The van der Waals surface area contributed by atoms with E-state index in [1.807, 2.05) is 20.8 Å². The zero-order valence-corrected chi connectivity index (χ0v) is 8.91. The lowest BCUT2D eigenvalue weighted by molar-refractivity contribution is 0.0219. The number of amides is 1. The van der Waals surface area contributed by atoms with Crippen molar-refractivity contribution in [1.29, 1.82) is 0 Å². The average molecular weight is 196 g/mol. The highest BCUT2D eigenvalue weighted by molar-refractivity contribution is 5.68. The van der Waals surface area contributed by atoms with E-state index in [4.69, 9.17) is 4.74 Å². The molecule has 0 N–H and O–H groups in total. The summed E-state index contributed by atoms with van der Waals surface area (Å²) in [5.41, 5.74) is 0.949. The van der Waals surface area contributed by atoms with E-state index < -0.39 is 5.60 Å². The standard InChI is InChI=1S/C10H16N2O2/c1-10(2,3)14-9(13)11-5-4-8-6-12(8)7-11/h4H,5-7H2,1-3H3. The van der Waals surface area contributed by atoms with Crippen molar-refractivity contribution >= 4 is 6.09 Å². The molecule has 2 heterocycles. The third-order valence-corrected chi connectivity index (χ3v) is 2.20. The Bertz CT molecular complexity index is 291. The summed E-state index contributed by atoms with van der Waals surface area (Å²) >= 11 is 0. The average Bonchev–Trinajstić information content (AvgIpc) is 2.77. The second-order valence-electron chi connectivity index (χ2n) is 4.74. The largest absolute Gasteiger partial charge is 0.444 e. The molecular weight excluding hydrogens is 180 g/mol. The van der Waals surface area contributed by atoms with Gasteiger partial charge in [0, 0.05) is 12.2 Å². The van der Waals surface area contributed by atoms with E-state index in [0.29, 0.717) is 13.2 Å². The van der Waals surface area contributed by atoms with Gasteiger partial charge in [-0.3, -0.25) is 4.90 Å². The monoisotopic (exact) mass is 196 g/mol. The molecule has 0 aromatic rings. The lowest BCUT2D eigenvalue weighted by Gasteiger charge is -2.28. The molecule has 1 fully saturated rings. The fourth-order valence-electron chi connectivity index (χ4n) is 1.43. The van der Waals surface area contributed by atoms with Gasteiger partial charge < -0.3 is 9.64 Å². The molecule has 0 aliphatic carbocycles. The first-order chi connectivity index (χ1) is 6.46. The summed E-state index contributed by atoms with van der Waals surface area (Å²) in [4.78, 5) is 15.5. The Balaban J connectivity index is 1.90. The SMILES string of the molecule is CC(C)(C)OC(=O)N1CC=C2CN2C1. The highest BCUT2D eigenvalue weighted by Crippen LogP contribution is 2.26. The van der Waals surface area contributed by atoms with E-state index in [1.54, 1.807) is 4.90 Å². The minimum absolute atomic E-state index is 0.222. The number of carbonyl (C=O) groups is 1. The molecule has 2 aliphatic heterocycles. The number of fused-ring (bicyclic) bond motifs is 1. The zero-order valence-electron chi connectivity index (χ0n) is 8.91. The van der Waals surface area contributed by atoms with E-state index in [-0.39, 0.29) is 6.09 Å². The predicted molar refractivity (Wildman–Crippen MR) is 52.6 cm³/mol. The van der Waals surface area contributed by atoms with E-state index >= 15 is 0 Å². The van der Waals surface area contributed by atoms with Crippen molar-refractivity contribution < 1.29 is 9.53 Å². The molecule has 0 unspecified atom stereocenters. The minimum Gasteiger partial charge on any atom is -0.444 e. The maximum Gasteiger partial charge on any atom is 0.412 e. The van der Waals surface area contributed by atoms with Crippen molar-refractivity contribution in [2.45, 2.75) is 26.4 Å². The molecule has 1 amide bonds. The molecule has 0 spiro atoms. The van der Waals surface area contributed by atoms with Gasteiger partial charge in [-0.15, -0.1) is 0 Å². The van der Waals surface area contributed by atoms with Crippen LogP contribution in [0.1, 0.15) is 20.8 Å². The fraction of sp³-hybridized carbons (Fsp3) is 0.700. The molecule has 0 atom stereocenters. The summed E-state index contributed by atoms with van der Waals surface area (Å²) in [6.07, 6.45) is 1.85. The second-order valence-corrected chi connectivity index (χ2v) is 4.74. The summed E-state index contributed by atoms with van der Waals surface area (Å²) in [5, 5.41) is 0. The predicted octanol–water partition coefficient (Wildman–Crippen LogP) is 1.39. The topological polar surface area (TPSA) is 32.5 Å². The van der Waals surface area contributed by atoms with Gasteiger partial charge in [0.1, 0.15) is 5.60 Å². The third kappa shape index (κ3) is 2.00. The van der Waals surface area contributed by atoms with Gasteiger partial charge in [-0.25, -0.2) is 4.79 Å². The van der Waals surface area contributed by atoms with Gasteiger partial charge in [-0.2, -0.15) is 0 Å². The summed E-state index contributed by atoms with van der Waals surface area (Å²) in [6, 6.07) is 0. The third-order valence-electron chi connectivity index (χ3n) is 2.20. The Kier molecular flexibility index (Phi) is 1.94. The van der Waals surface area contributed by atoms with Crippen LogP contribution in [-0.4, -0.2) is 41.3 Å². The first-order valence-corrected chi connectivity index (χ1v) is 4.87. The first-order valence-electron chi connectivity index (χ1n) is 4.87. The Morgan fingerprint density at radius 3 is 2.79 bits per heavy atom. The van der Waals surface area contributed by atoms with Crippen LogP contribution in [0.3, 0.4) is 0 Å². The molecule has 0 radical (unpaired) electrons. The van der Waals surface area contributed by atoms with E-state index in [9.17, 15) is 4.79 Å². The Labute approximate surface area is 84.1 Å². The molecule has 14 heavy (non-hydrogen) atoms. The second kappa shape index (κ2) is 2.90. The van der Waals surface area contributed by atoms with Crippen molar-refractivity contribution in [2.24, 2.45) is 0 Å². The maximum absolute atomic E-state index is 11.6. The summed E-state index contributed by atoms with van der Waals surface area (Å²) < 4.78 is 5.28. The van der Waals surface area contributed by atoms with Crippen LogP contribution in [-0.2, 0) is 4.74 Å². The van der Waals surface area contributed by atoms with Gasteiger partial charge in [-0.1, -0.05) is 0 Å². The molecule has 78 valence electrons. The molecule has 0 aromatic carbocycles. The summed E-state index contributed by atoms with van der Waals surface area (Å²) in [7, 11) is 0. The van der Waals surface area contributed by atoms with Crippen LogP contribution < -0.4 is 0 Å². The number of hydrogen-bond donors (Lipinski definition) is 0. The van der Waals surface area contributed by atoms with Crippen molar-refractivity contribution in [3.8, 4) is 0 Å². The molecule has 0 aromatic heterocycles. The van der Waals surface area contributed by atoms with Crippen molar-refractivity contribution in [1.82, 2.24) is 9.80 Å². The van der Waals surface area contributed by atoms with Crippen LogP contribution in [0.25, 0.3) is 0 Å². The summed E-state index contributed by atoms with van der Waals surface area (Å²) in [5.74, 6) is 0. The summed E-state index contributed by atoms with van der Waals surface area (Å²) in [6.45, 7) is 8.02. The molecule has 4 heteroatoms. The quantitative estimate of drug-likeness (QED) is 0.549. The van der Waals surface area contributed by atoms with Crippen molar-refractivity contribution in [2.75, 3.05) is 19.8 Å². The van der Waals surface area contributed by atoms with Crippen molar-refractivity contribution in [3.05, 3.63) is 11.8 Å². The van der Waals surface area contributed by atoms with E-state index in [1.165, 1.54) is 5.70 Å². The smallest absolute Gasteiger partial charge is 0.412 e. The first kappa shape index (κ1) is 9.37. The highest BCUT2D eigenvalue weighted by atomic mass is 16.6. The highest BCUT2D eigenvalue weighted by Gasteiger charge is 2.33. The lowest BCUT2D eigenvalue weighted by Crippen LogP contribution is -2.40. The zero-order chi connectivity index (χ0) is 10.3. The number of carbonyl (C=O) groups excluding carboxylic acids is 1. The molecule has 2 rings (SSSR count). The normalized spacial score (nSPS) is 20.1. The maximum atomic E-state index is 11.6. The lowest BCUT2D eigenvalue weighted by atomic mass is 10.2. The van der Waals surface area contributed by atoms with Crippen LogP contribution in [0.15, 0.2) is 11.8 Å². The van der Waals surface area contributed by atoms with E-state index in [2.05, 4.69) is 11.0 Å². The van der Waals surface area contributed by atoms with E-state index in [0.717, 1.165) is 6.54 Å². The fourth-order valence-corrected chi connectivity index (χ4v) is 1.43. The van der Waals surface area contributed by atoms with Gasteiger partial charge in [0.15, 0.2) is 0 Å². The van der Waals surface area contributed by atoms with Gasteiger partial charge in [0.2, 0.25) is 0 Å². The molecule has 2 aliphatic rings. The Hall–Kier alpha value is -1.19. The number of hydrogen-bond acceptors (Lipinski definition) is 3. The number of rotatable bonds is 0. The Morgan fingerprint density at radius 2 is 2.21 bits per heavy atom.